The van der Waals surface area contributed by atoms with Gasteiger partial charge in [-0.1, -0.05) is 36.4 Å². The minimum absolute atomic E-state index is 0.358. The van der Waals surface area contributed by atoms with E-state index in [-0.39, 0.29) is 0 Å². The molecule has 3 rings (SSSR count). The second-order valence-electron chi connectivity index (χ2n) is 5.81. The van der Waals surface area contributed by atoms with E-state index < -0.39 is 0 Å². The lowest BCUT2D eigenvalue weighted by Gasteiger charge is -2.29. The van der Waals surface area contributed by atoms with Crippen molar-refractivity contribution >= 4 is 11.4 Å². The monoisotopic (exact) mass is 280 g/mol. The highest BCUT2D eigenvalue weighted by Gasteiger charge is 2.19. The summed E-state index contributed by atoms with van der Waals surface area (Å²) in [4.78, 5) is 2.51. The number of benzene rings is 2. The third kappa shape index (κ3) is 2.81. The van der Waals surface area contributed by atoms with Gasteiger partial charge in [-0.05, 0) is 56.5 Å². The predicted octanol–water partition coefficient (Wildman–Crippen LogP) is 4.44. The zero-order valence-corrected chi connectivity index (χ0v) is 13.0. The second-order valence-corrected chi connectivity index (χ2v) is 5.81. The van der Waals surface area contributed by atoms with Gasteiger partial charge < -0.3 is 10.2 Å². The maximum absolute atomic E-state index is 3.37. The van der Waals surface area contributed by atoms with E-state index in [2.05, 4.69) is 65.7 Å². The SMILES string of the molecule is CNC(C)c1ccccc1N1CCCCc2ccccc21. The van der Waals surface area contributed by atoms with Crippen molar-refractivity contribution in [2.45, 2.75) is 32.2 Å². The summed E-state index contributed by atoms with van der Waals surface area (Å²) in [7, 11) is 2.03. The van der Waals surface area contributed by atoms with Gasteiger partial charge in [0.25, 0.3) is 0 Å². The molecule has 0 spiro atoms. The van der Waals surface area contributed by atoms with Gasteiger partial charge in [-0.15, -0.1) is 0 Å². The molecule has 1 aliphatic heterocycles. The zero-order valence-electron chi connectivity index (χ0n) is 13.0. The van der Waals surface area contributed by atoms with E-state index >= 15 is 0 Å². The number of hydrogen-bond acceptors (Lipinski definition) is 2. The van der Waals surface area contributed by atoms with Gasteiger partial charge in [0.05, 0.1) is 0 Å². The number of fused-ring (bicyclic) bond motifs is 1. The molecule has 1 N–H and O–H groups in total. The molecular weight excluding hydrogens is 256 g/mol. The van der Waals surface area contributed by atoms with Crippen molar-refractivity contribution in [1.82, 2.24) is 5.32 Å². The van der Waals surface area contributed by atoms with Crippen LogP contribution in [0, 0.1) is 0 Å². The molecule has 1 atom stereocenters. The van der Waals surface area contributed by atoms with Gasteiger partial charge in [-0.2, -0.15) is 0 Å². The van der Waals surface area contributed by atoms with Gasteiger partial charge in [0.2, 0.25) is 0 Å². The van der Waals surface area contributed by atoms with E-state index in [1.165, 1.54) is 41.8 Å². The summed E-state index contributed by atoms with van der Waals surface area (Å²) < 4.78 is 0. The Morgan fingerprint density at radius 2 is 1.67 bits per heavy atom. The van der Waals surface area contributed by atoms with Crippen LogP contribution in [0.15, 0.2) is 48.5 Å². The molecule has 1 heterocycles. The Morgan fingerprint density at radius 3 is 2.48 bits per heavy atom. The van der Waals surface area contributed by atoms with E-state index in [4.69, 9.17) is 0 Å². The molecule has 0 saturated heterocycles. The molecule has 21 heavy (non-hydrogen) atoms. The lowest BCUT2D eigenvalue weighted by atomic mass is 10.0. The maximum atomic E-state index is 3.37. The van der Waals surface area contributed by atoms with Crippen molar-refractivity contribution in [3.63, 3.8) is 0 Å². The smallest absolute Gasteiger partial charge is 0.0459 e. The van der Waals surface area contributed by atoms with Crippen LogP contribution in [0.2, 0.25) is 0 Å². The highest BCUT2D eigenvalue weighted by atomic mass is 15.1. The van der Waals surface area contributed by atoms with Crippen LogP contribution in [0.3, 0.4) is 0 Å². The Morgan fingerprint density at radius 1 is 0.952 bits per heavy atom. The van der Waals surface area contributed by atoms with Crippen LogP contribution < -0.4 is 10.2 Å². The van der Waals surface area contributed by atoms with Crippen molar-refractivity contribution in [3.8, 4) is 0 Å². The lowest BCUT2D eigenvalue weighted by Crippen LogP contribution is -2.22. The molecule has 0 bridgehead atoms. The normalized spacial score (nSPS) is 16.2. The Hall–Kier alpha value is -1.80. The molecule has 0 aromatic heterocycles. The molecule has 2 aromatic rings. The van der Waals surface area contributed by atoms with Gasteiger partial charge >= 0.3 is 0 Å². The molecule has 0 fully saturated rings. The minimum Gasteiger partial charge on any atom is -0.341 e. The summed E-state index contributed by atoms with van der Waals surface area (Å²) in [5, 5.41) is 3.37. The molecule has 2 nitrogen and oxygen atoms in total. The first kappa shape index (κ1) is 14.2. The highest BCUT2D eigenvalue weighted by molar-refractivity contribution is 5.70. The summed E-state index contributed by atoms with van der Waals surface area (Å²) in [5.74, 6) is 0. The molecule has 2 aromatic carbocycles. The number of nitrogens with one attached hydrogen (secondary N) is 1. The van der Waals surface area contributed by atoms with Crippen LogP contribution in [0.25, 0.3) is 0 Å². The average molecular weight is 280 g/mol. The first-order chi connectivity index (χ1) is 10.3. The highest BCUT2D eigenvalue weighted by Crippen LogP contribution is 2.36. The number of anilines is 2. The van der Waals surface area contributed by atoms with Gasteiger partial charge in [0, 0.05) is 24.0 Å². The van der Waals surface area contributed by atoms with Crippen LogP contribution >= 0.6 is 0 Å². The fourth-order valence-corrected chi connectivity index (χ4v) is 3.20. The molecule has 110 valence electrons. The Labute approximate surface area is 127 Å². The third-order valence-electron chi connectivity index (χ3n) is 4.49. The van der Waals surface area contributed by atoms with Gasteiger partial charge in [0.1, 0.15) is 0 Å². The van der Waals surface area contributed by atoms with E-state index in [0.717, 1.165) is 6.54 Å². The number of para-hydroxylation sites is 2. The van der Waals surface area contributed by atoms with E-state index in [0.29, 0.717) is 6.04 Å². The predicted molar refractivity (Wildman–Crippen MR) is 90.3 cm³/mol. The summed E-state index contributed by atoms with van der Waals surface area (Å²) in [6.45, 7) is 3.33. The second kappa shape index (κ2) is 6.31. The number of aryl methyl sites for hydroxylation is 1. The molecule has 1 aliphatic rings. The third-order valence-corrected chi connectivity index (χ3v) is 4.49. The number of rotatable bonds is 3. The quantitative estimate of drug-likeness (QED) is 0.894. The van der Waals surface area contributed by atoms with Crippen molar-refractivity contribution in [2.75, 3.05) is 18.5 Å². The molecule has 0 radical (unpaired) electrons. The first-order valence-electron chi connectivity index (χ1n) is 7.93. The Kier molecular flexibility index (Phi) is 4.26. The standard InChI is InChI=1S/C19H24N2/c1-15(20-2)17-11-4-6-13-19(17)21-14-8-7-10-16-9-3-5-12-18(16)21/h3-6,9,11-13,15,20H,7-8,10,14H2,1-2H3. The molecule has 1 unspecified atom stereocenters. The van der Waals surface area contributed by atoms with Crippen molar-refractivity contribution in [2.24, 2.45) is 0 Å². The Balaban J connectivity index is 2.08. The lowest BCUT2D eigenvalue weighted by molar-refractivity contribution is 0.650. The molecule has 2 heteroatoms. The first-order valence-corrected chi connectivity index (χ1v) is 7.93. The largest absolute Gasteiger partial charge is 0.341 e. The van der Waals surface area contributed by atoms with Gasteiger partial charge in [0.15, 0.2) is 0 Å². The van der Waals surface area contributed by atoms with Crippen LogP contribution in [0.5, 0.6) is 0 Å². The van der Waals surface area contributed by atoms with Crippen LogP contribution in [-0.2, 0) is 6.42 Å². The molecule has 0 saturated carbocycles. The number of hydrogen-bond donors (Lipinski definition) is 1. The molecule has 0 amide bonds. The summed E-state index contributed by atoms with van der Waals surface area (Å²) in [6, 6.07) is 18.0. The van der Waals surface area contributed by atoms with E-state index in [1.807, 2.05) is 7.05 Å². The fourth-order valence-electron chi connectivity index (χ4n) is 3.20. The van der Waals surface area contributed by atoms with Crippen LogP contribution in [0.1, 0.15) is 36.9 Å². The zero-order chi connectivity index (χ0) is 14.7. The van der Waals surface area contributed by atoms with E-state index in [1.54, 1.807) is 0 Å². The summed E-state index contributed by atoms with van der Waals surface area (Å²) >= 11 is 0. The average Bonchev–Trinajstić information content (AvgIpc) is 2.76. The topological polar surface area (TPSA) is 15.3 Å². The van der Waals surface area contributed by atoms with Gasteiger partial charge in [-0.3, -0.25) is 0 Å². The summed E-state index contributed by atoms with van der Waals surface area (Å²) in [6.07, 6.45) is 3.71. The Bertz CT molecular complexity index is 606. The van der Waals surface area contributed by atoms with Crippen LogP contribution in [-0.4, -0.2) is 13.6 Å². The van der Waals surface area contributed by atoms with Crippen LogP contribution in [0.4, 0.5) is 11.4 Å². The van der Waals surface area contributed by atoms with Crippen molar-refractivity contribution in [1.29, 1.82) is 0 Å². The summed E-state index contributed by atoms with van der Waals surface area (Å²) in [5.41, 5.74) is 5.57. The number of nitrogens with zero attached hydrogens (tertiary/aromatic N) is 1. The van der Waals surface area contributed by atoms with Crippen molar-refractivity contribution < 1.29 is 0 Å². The van der Waals surface area contributed by atoms with Crippen molar-refractivity contribution in [3.05, 3.63) is 59.7 Å². The van der Waals surface area contributed by atoms with E-state index in [9.17, 15) is 0 Å². The molecule has 0 aliphatic carbocycles. The maximum Gasteiger partial charge on any atom is 0.0459 e. The fraction of sp³-hybridized carbons (Fsp3) is 0.368. The molecular formula is C19H24N2. The minimum atomic E-state index is 0.358. The van der Waals surface area contributed by atoms with Gasteiger partial charge in [-0.25, -0.2) is 0 Å².